The van der Waals surface area contributed by atoms with Crippen molar-refractivity contribution >= 4 is 0 Å². The van der Waals surface area contributed by atoms with Crippen molar-refractivity contribution in [1.82, 2.24) is 5.32 Å². The third-order valence-corrected chi connectivity index (χ3v) is 2.65. The summed E-state index contributed by atoms with van der Waals surface area (Å²) in [5.74, 6) is 0.616. The van der Waals surface area contributed by atoms with Crippen molar-refractivity contribution in [3.8, 4) is 5.75 Å². The number of hydrogen-bond donors (Lipinski definition) is 1. The van der Waals surface area contributed by atoms with E-state index in [4.69, 9.17) is 4.74 Å². The van der Waals surface area contributed by atoms with Gasteiger partial charge < -0.3 is 10.1 Å². The minimum Gasteiger partial charge on any atom is -0.488 e. The van der Waals surface area contributed by atoms with E-state index in [2.05, 4.69) is 19.2 Å². The molecule has 1 N–H and O–H groups in total. The zero-order valence-corrected chi connectivity index (χ0v) is 12.0. The number of rotatable bonds is 6. The Morgan fingerprint density at radius 3 is 2.33 bits per heavy atom. The zero-order valence-electron chi connectivity index (χ0n) is 12.0. The molecule has 0 fully saturated rings. The third kappa shape index (κ3) is 4.65. The van der Waals surface area contributed by atoms with Crippen molar-refractivity contribution in [3.05, 3.63) is 29.6 Å². The molecule has 0 aromatic heterocycles. The van der Waals surface area contributed by atoms with Crippen LogP contribution in [0.2, 0.25) is 0 Å². The fourth-order valence-corrected chi connectivity index (χ4v) is 1.67. The van der Waals surface area contributed by atoms with Crippen LogP contribution >= 0.6 is 0 Å². The van der Waals surface area contributed by atoms with Gasteiger partial charge in [-0.2, -0.15) is 0 Å². The Balaban J connectivity index is 2.71. The number of nitrogens with one attached hydrogen (secondary N) is 1. The summed E-state index contributed by atoms with van der Waals surface area (Å²) in [5, 5.41) is 3.38. The molecule has 102 valence electrons. The van der Waals surface area contributed by atoms with Crippen LogP contribution in [0.3, 0.4) is 0 Å². The van der Waals surface area contributed by atoms with Crippen molar-refractivity contribution < 1.29 is 9.13 Å². The number of hydrogen-bond acceptors (Lipinski definition) is 2. The molecule has 0 bridgehead atoms. The third-order valence-electron chi connectivity index (χ3n) is 2.65. The van der Waals surface area contributed by atoms with E-state index in [0.29, 0.717) is 11.7 Å². The van der Waals surface area contributed by atoms with E-state index in [1.807, 2.05) is 26.8 Å². The molecule has 0 aliphatic heterocycles. The molecule has 2 nitrogen and oxygen atoms in total. The van der Waals surface area contributed by atoms with Crippen LogP contribution in [0.1, 0.15) is 46.2 Å². The van der Waals surface area contributed by atoms with Gasteiger partial charge in [-0.3, -0.25) is 0 Å². The van der Waals surface area contributed by atoms with Gasteiger partial charge in [-0.25, -0.2) is 4.39 Å². The van der Waals surface area contributed by atoms with Crippen LogP contribution in [0.15, 0.2) is 18.2 Å². The first-order valence-electron chi connectivity index (χ1n) is 6.59. The van der Waals surface area contributed by atoms with E-state index in [1.54, 1.807) is 12.1 Å². The monoisotopic (exact) mass is 253 g/mol. The summed E-state index contributed by atoms with van der Waals surface area (Å²) < 4.78 is 19.2. The summed E-state index contributed by atoms with van der Waals surface area (Å²) in [7, 11) is 0. The summed E-state index contributed by atoms with van der Waals surface area (Å²) in [4.78, 5) is 0. The molecule has 1 aromatic carbocycles. The molecule has 0 saturated heterocycles. The summed E-state index contributed by atoms with van der Waals surface area (Å²) in [6.45, 7) is 11.0. The highest BCUT2D eigenvalue weighted by atomic mass is 19.1. The molecule has 0 aliphatic carbocycles. The van der Waals surface area contributed by atoms with Gasteiger partial charge in [-0.15, -0.1) is 0 Å². The molecule has 1 aromatic rings. The average Bonchev–Trinajstić information content (AvgIpc) is 2.28. The molecular formula is C15H24FNO. The predicted molar refractivity (Wildman–Crippen MR) is 73.4 cm³/mol. The summed E-state index contributed by atoms with van der Waals surface area (Å²) in [6, 6.07) is 5.32. The molecule has 1 atom stereocenters. The minimum absolute atomic E-state index is 0.0122. The predicted octanol–water partition coefficient (Wildman–Crippen LogP) is 3.92. The number of benzene rings is 1. The van der Waals surface area contributed by atoms with Crippen LogP contribution in [0, 0.1) is 11.7 Å². The topological polar surface area (TPSA) is 21.3 Å². The van der Waals surface area contributed by atoms with Crippen molar-refractivity contribution in [2.75, 3.05) is 6.54 Å². The Hall–Kier alpha value is -1.09. The van der Waals surface area contributed by atoms with E-state index < -0.39 is 0 Å². The molecule has 0 aliphatic rings. The van der Waals surface area contributed by atoms with Crippen molar-refractivity contribution in [2.24, 2.45) is 5.92 Å². The highest BCUT2D eigenvalue weighted by molar-refractivity contribution is 5.31. The Labute approximate surface area is 110 Å². The van der Waals surface area contributed by atoms with Gasteiger partial charge in [-0.05, 0) is 50.9 Å². The van der Waals surface area contributed by atoms with Crippen molar-refractivity contribution in [2.45, 2.75) is 46.8 Å². The molecule has 0 spiro atoms. The lowest BCUT2D eigenvalue weighted by Gasteiger charge is -2.17. The second-order valence-corrected chi connectivity index (χ2v) is 5.38. The van der Waals surface area contributed by atoms with E-state index in [0.717, 1.165) is 12.1 Å². The Bertz CT molecular complexity index is 377. The SMILES string of the molecule is CC(C)CN[C@@H](C)c1ccc(OC(C)C)c(F)c1. The lowest BCUT2D eigenvalue weighted by molar-refractivity contribution is 0.231. The Morgan fingerprint density at radius 2 is 1.83 bits per heavy atom. The van der Waals surface area contributed by atoms with E-state index in [1.165, 1.54) is 0 Å². The van der Waals surface area contributed by atoms with Crippen LogP contribution in [0.5, 0.6) is 5.75 Å². The molecule has 0 amide bonds. The van der Waals surface area contributed by atoms with E-state index in [9.17, 15) is 4.39 Å². The van der Waals surface area contributed by atoms with Crippen LogP contribution in [-0.4, -0.2) is 12.6 Å². The fraction of sp³-hybridized carbons (Fsp3) is 0.600. The number of ether oxygens (including phenoxy) is 1. The van der Waals surface area contributed by atoms with Crippen molar-refractivity contribution in [3.63, 3.8) is 0 Å². The van der Waals surface area contributed by atoms with Gasteiger partial charge in [0.1, 0.15) is 0 Å². The summed E-state index contributed by atoms with van der Waals surface area (Å²) in [6.07, 6.45) is -0.0122. The Morgan fingerprint density at radius 1 is 1.17 bits per heavy atom. The maximum Gasteiger partial charge on any atom is 0.165 e. The lowest BCUT2D eigenvalue weighted by atomic mass is 10.1. The molecular weight excluding hydrogens is 229 g/mol. The maximum atomic E-state index is 13.8. The van der Waals surface area contributed by atoms with Gasteiger partial charge >= 0.3 is 0 Å². The van der Waals surface area contributed by atoms with Gasteiger partial charge in [0, 0.05) is 6.04 Å². The quantitative estimate of drug-likeness (QED) is 0.829. The standard InChI is InChI=1S/C15H24FNO/c1-10(2)9-17-12(5)13-6-7-15(14(16)8-13)18-11(3)4/h6-8,10-12,17H,9H2,1-5H3/t12-/m0/s1. The fourth-order valence-electron chi connectivity index (χ4n) is 1.67. The first-order valence-corrected chi connectivity index (χ1v) is 6.59. The summed E-state index contributed by atoms with van der Waals surface area (Å²) >= 11 is 0. The van der Waals surface area contributed by atoms with Crippen molar-refractivity contribution in [1.29, 1.82) is 0 Å². The van der Waals surface area contributed by atoms with Gasteiger partial charge in [0.25, 0.3) is 0 Å². The van der Waals surface area contributed by atoms with Gasteiger partial charge in [-0.1, -0.05) is 19.9 Å². The highest BCUT2D eigenvalue weighted by Gasteiger charge is 2.11. The zero-order chi connectivity index (χ0) is 13.7. The van der Waals surface area contributed by atoms with Gasteiger partial charge in [0.15, 0.2) is 11.6 Å². The van der Waals surface area contributed by atoms with Gasteiger partial charge in [0.05, 0.1) is 6.10 Å². The second-order valence-electron chi connectivity index (χ2n) is 5.38. The minimum atomic E-state index is -0.292. The molecule has 18 heavy (non-hydrogen) atoms. The average molecular weight is 253 g/mol. The first-order chi connectivity index (χ1) is 8.40. The molecule has 0 unspecified atom stereocenters. The number of halogens is 1. The Kier molecular flexibility index (Phi) is 5.60. The second kappa shape index (κ2) is 6.74. The largest absolute Gasteiger partial charge is 0.488 e. The normalized spacial score (nSPS) is 13.1. The molecule has 0 heterocycles. The first kappa shape index (κ1) is 15.0. The van der Waals surface area contributed by atoms with Crippen LogP contribution < -0.4 is 10.1 Å². The molecule has 0 saturated carbocycles. The molecule has 1 rings (SSSR count). The molecule has 0 radical (unpaired) electrons. The van der Waals surface area contributed by atoms with Crippen LogP contribution in [0.25, 0.3) is 0 Å². The van der Waals surface area contributed by atoms with Gasteiger partial charge in [0.2, 0.25) is 0 Å². The van der Waals surface area contributed by atoms with Crippen LogP contribution in [0.4, 0.5) is 4.39 Å². The van der Waals surface area contributed by atoms with E-state index >= 15 is 0 Å². The van der Waals surface area contributed by atoms with E-state index in [-0.39, 0.29) is 18.0 Å². The smallest absolute Gasteiger partial charge is 0.165 e. The highest BCUT2D eigenvalue weighted by Crippen LogP contribution is 2.23. The summed E-state index contributed by atoms with van der Waals surface area (Å²) in [5.41, 5.74) is 0.948. The molecule has 3 heteroatoms. The maximum absolute atomic E-state index is 13.8. The lowest BCUT2D eigenvalue weighted by Crippen LogP contribution is -2.23. The van der Waals surface area contributed by atoms with Crippen LogP contribution in [-0.2, 0) is 0 Å².